The highest BCUT2D eigenvalue weighted by molar-refractivity contribution is 5.99. The minimum atomic E-state index is 0.0118. The van der Waals surface area contributed by atoms with E-state index < -0.39 is 0 Å². The molecule has 1 aromatic heterocycles. The summed E-state index contributed by atoms with van der Waals surface area (Å²) in [4.78, 5) is 3.28. The van der Waals surface area contributed by atoms with Crippen LogP contribution in [-0.2, 0) is 4.74 Å². The summed E-state index contributed by atoms with van der Waals surface area (Å²) in [6, 6.07) is 0. The first-order valence-electron chi connectivity index (χ1n) is 4.76. The molecular weight excluding hydrogens is 176 g/mol. The van der Waals surface area contributed by atoms with Gasteiger partial charge in [-0.15, -0.1) is 0 Å². The van der Waals surface area contributed by atoms with Crippen LogP contribution in [0.3, 0.4) is 0 Å². The highest BCUT2D eigenvalue weighted by atomic mass is 16.5. The lowest BCUT2D eigenvalue weighted by atomic mass is 10.0. The predicted molar refractivity (Wildman–Crippen MR) is 58.2 cm³/mol. The van der Waals surface area contributed by atoms with Gasteiger partial charge in [0.05, 0.1) is 11.8 Å². The van der Waals surface area contributed by atoms with Gasteiger partial charge in [0.25, 0.3) is 0 Å². The van der Waals surface area contributed by atoms with Gasteiger partial charge < -0.3 is 15.1 Å². The molecule has 3 nitrogen and oxygen atoms in total. The number of H-pyrrole nitrogens is 1. The number of rotatable bonds is 3. The van der Waals surface area contributed by atoms with Gasteiger partial charge in [-0.25, -0.2) is 0 Å². The summed E-state index contributed by atoms with van der Waals surface area (Å²) in [5.74, 6) is 0. The molecule has 1 atom stereocenters. The Morgan fingerprint density at radius 3 is 2.43 bits per heavy atom. The molecular formula is C11H18N2O. The maximum Gasteiger partial charge on any atom is 0.0947 e. The van der Waals surface area contributed by atoms with Crippen LogP contribution in [0.4, 0.5) is 0 Å². The summed E-state index contributed by atoms with van der Waals surface area (Å²) >= 11 is 0. The molecule has 1 unspecified atom stereocenters. The van der Waals surface area contributed by atoms with Crippen LogP contribution < -0.4 is 0 Å². The Labute approximate surface area is 85.0 Å². The average Bonchev–Trinajstić information content (AvgIpc) is 2.42. The lowest BCUT2D eigenvalue weighted by molar-refractivity contribution is 0.116. The molecule has 1 rings (SSSR count). The van der Waals surface area contributed by atoms with Crippen molar-refractivity contribution in [3.63, 3.8) is 0 Å². The molecule has 0 amide bonds. The molecule has 2 N–H and O–H groups in total. The molecule has 3 heteroatoms. The smallest absolute Gasteiger partial charge is 0.0947 e. The number of aromatic amines is 1. The fourth-order valence-corrected chi connectivity index (χ4v) is 1.65. The second kappa shape index (κ2) is 3.96. The van der Waals surface area contributed by atoms with Crippen LogP contribution in [0, 0.1) is 19.3 Å². The Balaban J connectivity index is 3.29. The Hall–Kier alpha value is -1.09. The van der Waals surface area contributed by atoms with E-state index in [1.54, 1.807) is 7.11 Å². The van der Waals surface area contributed by atoms with Crippen molar-refractivity contribution in [1.82, 2.24) is 4.98 Å². The molecule has 78 valence electrons. The molecule has 0 saturated heterocycles. The van der Waals surface area contributed by atoms with Crippen LogP contribution in [0.1, 0.15) is 42.5 Å². The lowest BCUT2D eigenvalue weighted by Gasteiger charge is -2.10. The maximum atomic E-state index is 7.72. The summed E-state index contributed by atoms with van der Waals surface area (Å²) in [7, 11) is 1.68. The first-order valence-corrected chi connectivity index (χ1v) is 4.76. The molecule has 14 heavy (non-hydrogen) atoms. The van der Waals surface area contributed by atoms with Gasteiger partial charge in [0, 0.05) is 24.1 Å². The zero-order valence-corrected chi connectivity index (χ0v) is 9.49. The number of methoxy groups -OCH3 is 1. The van der Waals surface area contributed by atoms with E-state index in [2.05, 4.69) is 4.98 Å². The Bertz CT molecular complexity index is 352. The molecule has 0 spiro atoms. The van der Waals surface area contributed by atoms with Crippen molar-refractivity contribution >= 4 is 5.71 Å². The number of hydrogen-bond acceptors (Lipinski definition) is 2. The first kappa shape index (κ1) is 11.0. The molecule has 1 aromatic rings. The lowest BCUT2D eigenvalue weighted by Crippen LogP contribution is -2.04. The summed E-state index contributed by atoms with van der Waals surface area (Å²) in [5, 5.41) is 7.72. The Kier molecular flexibility index (Phi) is 3.11. The van der Waals surface area contributed by atoms with Crippen molar-refractivity contribution < 1.29 is 4.74 Å². The second-order valence-corrected chi connectivity index (χ2v) is 3.67. The third-order valence-corrected chi connectivity index (χ3v) is 2.66. The maximum absolute atomic E-state index is 7.72. The van der Waals surface area contributed by atoms with E-state index in [9.17, 15) is 0 Å². The monoisotopic (exact) mass is 194 g/mol. The van der Waals surface area contributed by atoms with Gasteiger partial charge in [-0.3, -0.25) is 0 Å². The number of aryl methyl sites for hydroxylation is 1. The van der Waals surface area contributed by atoms with Crippen LogP contribution in [0.5, 0.6) is 0 Å². The minimum Gasteiger partial charge on any atom is -0.376 e. The van der Waals surface area contributed by atoms with Gasteiger partial charge in [-0.05, 0) is 33.3 Å². The molecule has 0 aliphatic rings. The number of aromatic nitrogens is 1. The zero-order chi connectivity index (χ0) is 10.9. The third kappa shape index (κ3) is 1.73. The van der Waals surface area contributed by atoms with Crippen molar-refractivity contribution in [2.24, 2.45) is 0 Å². The van der Waals surface area contributed by atoms with Crippen LogP contribution in [0.25, 0.3) is 0 Å². The fraction of sp³-hybridized carbons (Fsp3) is 0.545. The third-order valence-electron chi connectivity index (χ3n) is 2.66. The predicted octanol–water partition coefficient (Wildman–Crippen LogP) is 2.73. The standard InChI is InChI=1S/C11H18N2O/c1-6-8(3)13-11(9(4)14-5)10(6)7(2)12/h9,12-13H,1-5H3. The van der Waals surface area contributed by atoms with E-state index in [0.717, 1.165) is 22.5 Å². The SMILES string of the molecule is COC(C)c1[nH]c(C)c(C)c1C(C)=N. The largest absolute Gasteiger partial charge is 0.376 e. The van der Waals surface area contributed by atoms with Crippen LogP contribution in [-0.4, -0.2) is 17.8 Å². The number of ether oxygens (including phenoxy) is 1. The first-order chi connectivity index (χ1) is 6.49. The van der Waals surface area contributed by atoms with Crippen LogP contribution in [0.2, 0.25) is 0 Å². The van der Waals surface area contributed by atoms with Crippen molar-refractivity contribution in [2.45, 2.75) is 33.8 Å². The summed E-state index contributed by atoms with van der Waals surface area (Å²) in [6.45, 7) is 7.84. The van der Waals surface area contributed by atoms with E-state index in [-0.39, 0.29) is 6.10 Å². The quantitative estimate of drug-likeness (QED) is 0.714. The van der Waals surface area contributed by atoms with E-state index in [1.807, 2.05) is 27.7 Å². The van der Waals surface area contributed by atoms with Crippen molar-refractivity contribution in [3.8, 4) is 0 Å². The van der Waals surface area contributed by atoms with Gasteiger partial charge in [-0.1, -0.05) is 0 Å². The van der Waals surface area contributed by atoms with Crippen molar-refractivity contribution in [1.29, 1.82) is 5.41 Å². The highest BCUT2D eigenvalue weighted by Crippen LogP contribution is 2.25. The highest BCUT2D eigenvalue weighted by Gasteiger charge is 2.17. The number of nitrogens with one attached hydrogen (secondary N) is 2. The fourth-order valence-electron chi connectivity index (χ4n) is 1.65. The minimum absolute atomic E-state index is 0.0118. The molecule has 0 aliphatic heterocycles. The Morgan fingerprint density at radius 2 is 2.00 bits per heavy atom. The van der Waals surface area contributed by atoms with Gasteiger partial charge in [-0.2, -0.15) is 0 Å². The van der Waals surface area contributed by atoms with Gasteiger partial charge in [0.2, 0.25) is 0 Å². The van der Waals surface area contributed by atoms with Crippen molar-refractivity contribution in [2.75, 3.05) is 7.11 Å². The van der Waals surface area contributed by atoms with Gasteiger partial charge in [0.1, 0.15) is 0 Å². The van der Waals surface area contributed by atoms with E-state index >= 15 is 0 Å². The summed E-state index contributed by atoms with van der Waals surface area (Å²) in [5.41, 5.74) is 4.86. The summed E-state index contributed by atoms with van der Waals surface area (Å²) in [6.07, 6.45) is 0.0118. The molecule has 0 aliphatic carbocycles. The zero-order valence-electron chi connectivity index (χ0n) is 9.49. The topological polar surface area (TPSA) is 48.9 Å². The Morgan fingerprint density at radius 1 is 1.43 bits per heavy atom. The van der Waals surface area contributed by atoms with E-state index in [1.165, 1.54) is 0 Å². The van der Waals surface area contributed by atoms with E-state index in [0.29, 0.717) is 5.71 Å². The van der Waals surface area contributed by atoms with Crippen LogP contribution in [0.15, 0.2) is 0 Å². The molecule has 0 bridgehead atoms. The molecule has 0 fully saturated rings. The normalized spacial score (nSPS) is 12.9. The van der Waals surface area contributed by atoms with Gasteiger partial charge in [0.15, 0.2) is 0 Å². The molecule has 0 saturated carbocycles. The molecule has 0 aromatic carbocycles. The number of hydrogen-bond donors (Lipinski definition) is 2. The van der Waals surface area contributed by atoms with Gasteiger partial charge >= 0.3 is 0 Å². The van der Waals surface area contributed by atoms with Crippen LogP contribution >= 0.6 is 0 Å². The molecule has 0 radical (unpaired) electrons. The molecule has 1 heterocycles. The average molecular weight is 194 g/mol. The van der Waals surface area contributed by atoms with Crippen molar-refractivity contribution in [3.05, 3.63) is 22.5 Å². The van der Waals surface area contributed by atoms with E-state index in [4.69, 9.17) is 10.1 Å². The summed E-state index contributed by atoms with van der Waals surface area (Å²) < 4.78 is 5.27. The second-order valence-electron chi connectivity index (χ2n) is 3.67.